The monoisotopic (exact) mass is 298 g/mol. The molecule has 0 bridgehead atoms. The molecule has 0 radical (unpaired) electrons. The van der Waals surface area contributed by atoms with Gasteiger partial charge in [-0.3, -0.25) is 4.79 Å². The van der Waals surface area contributed by atoms with Crippen molar-refractivity contribution in [1.29, 1.82) is 0 Å². The number of hydrogen-bond acceptors (Lipinski definition) is 2. The van der Waals surface area contributed by atoms with Crippen LogP contribution >= 0.6 is 0 Å². The molecule has 3 nitrogen and oxygen atoms in total. The third-order valence-corrected chi connectivity index (χ3v) is 5.91. The molecule has 118 valence electrons. The zero-order chi connectivity index (χ0) is 14.9. The fourth-order valence-corrected chi connectivity index (χ4v) is 4.54. The van der Waals surface area contributed by atoms with Gasteiger partial charge in [0.05, 0.1) is 0 Å². The summed E-state index contributed by atoms with van der Waals surface area (Å²) in [7, 11) is 0. The minimum absolute atomic E-state index is 0.226. The average Bonchev–Trinajstić information content (AvgIpc) is 3.17. The van der Waals surface area contributed by atoms with Crippen LogP contribution in [0.5, 0.6) is 0 Å². The summed E-state index contributed by atoms with van der Waals surface area (Å²) in [4.78, 5) is 14.7. The lowest BCUT2D eigenvalue weighted by molar-refractivity contribution is 0.0781. The molecule has 1 N–H and O–H groups in total. The fourth-order valence-electron chi connectivity index (χ4n) is 4.54. The number of fused-ring (bicyclic) bond motifs is 1. The van der Waals surface area contributed by atoms with Crippen molar-refractivity contribution in [3.8, 4) is 0 Å². The van der Waals surface area contributed by atoms with Crippen molar-refractivity contribution in [2.45, 2.75) is 38.0 Å². The molecule has 2 heterocycles. The van der Waals surface area contributed by atoms with Crippen molar-refractivity contribution >= 4 is 5.91 Å². The number of carbonyl (C=O) groups excluding carboxylic acids is 1. The van der Waals surface area contributed by atoms with Crippen LogP contribution in [0.1, 0.15) is 53.9 Å². The SMILES string of the molecule is O=C(c1ccc(C2CCCCC2)cc1)N1C[C@H]2CNC[C@H]2C1. The molecule has 1 aliphatic carbocycles. The summed E-state index contributed by atoms with van der Waals surface area (Å²) in [6.45, 7) is 4.02. The summed E-state index contributed by atoms with van der Waals surface area (Å²) < 4.78 is 0. The number of rotatable bonds is 2. The molecule has 2 atom stereocenters. The van der Waals surface area contributed by atoms with E-state index in [0.717, 1.165) is 37.7 Å². The molecule has 1 amide bonds. The van der Waals surface area contributed by atoms with Crippen LogP contribution < -0.4 is 5.32 Å². The van der Waals surface area contributed by atoms with E-state index in [1.54, 1.807) is 0 Å². The molecule has 3 fully saturated rings. The van der Waals surface area contributed by atoms with Crippen molar-refractivity contribution < 1.29 is 4.79 Å². The highest BCUT2D eigenvalue weighted by molar-refractivity contribution is 5.94. The standard InChI is InChI=1S/C19H26N2O/c22-19(21-12-17-10-20-11-18(17)13-21)16-8-6-15(7-9-16)14-4-2-1-3-5-14/h6-9,14,17-18,20H,1-5,10-13H2/t17-,18+. The Balaban J connectivity index is 1.43. The molecule has 2 saturated heterocycles. The van der Waals surface area contributed by atoms with Gasteiger partial charge in [-0.2, -0.15) is 0 Å². The summed E-state index contributed by atoms with van der Waals surface area (Å²) in [5.74, 6) is 2.29. The van der Waals surface area contributed by atoms with Gasteiger partial charge in [0.1, 0.15) is 0 Å². The van der Waals surface area contributed by atoms with Crippen molar-refractivity contribution in [1.82, 2.24) is 10.2 Å². The smallest absolute Gasteiger partial charge is 0.253 e. The van der Waals surface area contributed by atoms with E-state index in [1.165, 1.54) is 37.7 Å². The van der Waals surface area contributed by atoms with Gasteiger partial charge in [0, 0.05) is 31.7 Å². The van der Waals surface area contributed by atoms with Crippen LogP contribution in [0.25, 0.3) is 0 Å². The van der Waals surface area contributed by atoms with Crippen LogP contribution in [0.15, 0.2) is 24.3 Å². The van der Waals surface area contributed by atoms with Crippen LogP contribution in [0.2, 0.25) is 0 Å². The van der Waals surface area contributed by atoms with E-state index in [4.69, 9.17) is 0 Å². The first-order valence-corrected chi connectivity index (χ1v) is 8.91. The second-order valence-electron chi connectivity index (χ2n) is 7.35. The van der Waals surface area contributed by atoms with Crippen LogP contribution in [-0.4, -0.2) is 37.0 Å². The minimum Gasteiger partial charge on any atom is -0.338 e. The molecule has 4 rings (SSSR count). The average molecular weight is 298 g/mol. The first-order valence-electron chi connectivity index (χ1n) is 8.91. The maximum atomic E-state index is 12.7. The zero-order valence-electron chi connectivity index (χ0n) is 13.3. The Morgan fingerprint density at radius 3 is 2.23 bits per heavy atom. The molecule has 0 aromatic heterocycles. The Morgan fingerprint density at radius 1 is 0.955 bits per heavy atom. The Bertz CT molecular complexity index is 521. The van der Waals surface area contributed by atoms with Gasteiger partial charge in [0.25, 0.3) is 5.91 Å². The summed E-state index contributed by atoms with van der Waals surface area (Å²) in [6.07, 6.45) is 6.73. The van der Waals surface area contributed by atoms with E-state index in [0.29, 0.717) is 11.8 Å². The maximum absolute atomic E-state index is 12.7. The molecule has 1 saturated carbocycles. The maximum Gasteiger partial charge on any atom is 0.253 e. The molecule has 2 aliphatic heterocycles. The highest BCUT2D eigenvalue weighted by atomic mass is 16.2. The lowest BCUT2D eigenvalue weighted by Gasteiger charge is -2.22. The van der Waals surface area contributed by atoms with Gasteiger partial charge in [-0.25, -0.2) is 0 Å². The van der Waals surface area contributed by atoms with E-state index in [-0.39, 0.29) is 5.91 Å². The van der Waals surface area contributed by atoms with Crippen molar-refractivity contribution in [2.24, 2.45) is 11.8 Å². The largest absolute Gasteiger partial charge is 0.338 e. The van der Waals surface area contributed by atoms with Gasteiger partial charge in [0.2, 0.25) is 0 Å². The summed E-state index contributed by atoms with van der Waals surface area (Å²) in [5, 5.41) is 3.43. The summed E-state index contributed by atoms with van der Waals surface area (Å²) in [6, 6.07) is 8.50. The zero-order valence-corrected chi connectivity index (χ0v) is 13.3. The van der Waals surface area contributed by atoms with Gasteiger partial charge < -0.3 is 10.2 Å². The topological polar surface area (TPSA) is 32.3 Å². The highest BCUT2D eigenvalue weighted by Crippen LogP contribution is 2.33. The molecular formula is C19H26N2O. The molecule has 22 heavy (non-hydrogen) atoms. The second kappa shape index (κ2) is 6.04. The van der Waals surface area contributed by atoms with Gasteiger partial charge in [-0.1, -0.05) is 31.4 Å². The van der Waals surface area contributed by atoms with Gasteiger partial charge in [0.15, 0.2) is 0 Å². The number of benzene rings is 1. The van der Waals surface area contributed by atoms with Crippen molar-refractivity contribution in [3.05, 3.63) is 35.4 Å². The number of nitrogens with one attached hydrogen (secondary N) is 1. The highest BCUT2D eigenvalue weighted by Gasteiger charge is 2.38. The molecule has 3 heteroatoms. The number of nitrogens with zero attached hydrogens (tertiary/aromatic N) is 1. The Morgan fingerprint density at radius 2 is 1.59 bits per heavy atom. The van der Waals surface area contributed by atoms with Crippen LogP contribution in [0, 0.1) is 11.8 Å². The Labute approximate surface area is 133 Å². The normalized spacial score (nSPS) is 28.8. The summed E-state index contributed by atoms with van der Waals surface area (Å²) in [5.41, 5.74) is 2.30. The molecule has 0 spiro atoms. The Kier molecular flexibility index (Phi) is 3.91. The van der Waals surface area contributed by atoms with E-state index in [1.807, 2.05) is 0 Å². The molecule has 3 aliphatic rings. The minimum atomic E-state index is 0.226. The van der Waals surface area contributed by atoms with E-state index < -0.39 is 0 Å². The molecular weight excluding hydrogens is 272 g/mol. The second-order valence-corrected chi connectivity index (χ2v) is 7.35. The van der Waals surface area contributed by atoms with Crippen LogP contribution in [-0.2, 0) is 0 Å². The van der Waals surface area contributed by atoms with Gasteiger partial charge >= 0.3 is 0 Å². The number of carbonyl (C=O) groups is 1. The number of likely N-dealkylation sites (tertiary alicyclic amines) is 1. The van der Waals surface area contributed by atoms with E-state index in [2.05, 4.69) is 34.5 Å². The lowest BCUT2D eigenvalue weighted by Crippen LogP contribution is -2.31. The first kappa shape index (κ1) is 14.3. The summed E-state index contributed by atoms with van der Waals surface area (Å²) >= 11 is 0. The van der Waals surface area contributed by atoms with Gasteiger partial charge in [-0.05, 0) is 48.3 Å². The number of amides is 1. The predicted octanol–water partition coefficient (Wildman–Crippen LogP) is 3.03. The van der Waals surface area contributed by atoms with E-state index >= 15 is 0 Å². The quantitative estimate of drug-likeness (QED) is 0.910. The Hall–Kier alpha value is -1.35. The lowest BCUT2D eigenvalue weighted by atomic mass is 9.84. The molecule has 1 aromatic rings. The third-order valence-electron chi connectivity index (χ3n) is 5.91. The first-order chi connectivity index (χ1) is 10.8. The van der Waals surface area contributed by atoms with Gasteiger partial charge in [-0.15, -0.1) is 0 Å². The third kappa shape index (κ3) is 2.67. The molecule has 1 aromatic carbocycles. The molecule has 0 unspecified atom stereocenters. The predicted molar refractivity (Wildman–Crippen MR) is 88.0 cm³/mol. The van der Waals surface area contributed by atoms with Crippen molar-refractivity contribution in [2.75, 3.05) is 26.2 Å². The van der Waals surface area contributed by atoms with E-state index in [9.17, 15) is 4.79 Å². The van der Waals surface area contributed by atoms with Crippen LogP contribution in [0.3, 0.4) is 0 Å². The van der Waals surface area contributed by atoms with Crippen molar-refractivity contribution in [3.63, 3.8) is 0 Å². The number of hydrogen-bond donors (Lipinski definition) is 1. The fraction of sp³-hybridized carbons (Fsp3) is 0.632. The van der Waals surface area contributed by atoms with Crippen LogP contribution in [0.4, 0.5) is 0 Å².